The normalized spacial score (nSPS) is 14.8. The quantitative estimate of drug-likeness (QED) is 0.749. The molecule has 6 nitrogen and oxygen atoms in total. The summed E-state index contributed by atoms with van der Waals surface area (Å²) < 4.78 is 4.93. The summed E-state index contributed by atoms with van der Waals surface area (Å²) in [4.78, 5) is 28.2. The zero-order chi connectivity index (χ0) is 15.8. The van der Waals surface area contributed by atoms with E-state index in [9.17, 15) is 9.59 Å². The molecule has 0 aromatic carbocycles. The molecule has 0 spiro atoms. The van der Waals surface area contributed by atoms with Gasteiger partial charge in [-0.05, 0) is 31.4 Å². The summed E-state index contributed by atoms with van der Waals surface area (Å²) in [6.45, 7) is 1.14. The van der Waals surface area contributed by atoms with Crippen molar-refractivity contribution in [2.24, 2.45) is 0 Å². The van der Waals surface area contributed by atoms with E-state index < -0.39 is 0 Å². The van der Waals surface area contributed by atoms with Crippen LogP contribution in [0.15, 0.2) is 18.3 Å². The van der Waals surface area contributed by atoms with Crippen LogP contribution in [0.25, 0.3) is 0 Å². The van der Waals surface area contributed by atoms with Crippen molar-refractivity contribution in [3.8, 4) is 0 Å². The molecule has 6 heteroatoms. The Morgan fingerprint density at radius 3 is 2.82 bits per heavy atom. The molecule has 1 aromatic heterocycles. The van der Waals surface area contributed by atoms with Crippen LogP contribution in [-0.2, 0) is 4.74 Å². The maximum Gasteiger partial charge on any atom is 0.270 e. The topological polar surface area (TPSA) is 80.3 Å². The number of hydrogen-bond donors (Lipinski definition) is 2. The molecule has 120 valence electrons. The van der Waals surface area contributed by atoms with Crippen LogP contribution in [-0.4, -0.2) is 43.1 Å². The highest BCUT2D eigenvalue weighted by Crippen LogP contribution is 2.18. The molecule has 0 radical (unpaired) electrons. The lowest BCUT2D eigenvalue weighted by Crippen LogP contribution is -2.33. The predicted molar refractivity (Wildman–Crippen MR) is 82.8 cm³/mol. The lowest BCUT2D eigenvalue weighted by Gasteiger charge is -2.11. The van der Waals surface area contributed by atoms with Crippen molar-refractivity contribution in [1.82, 2.24) is 15.6 Å². The monoisotopic (exact) mass is 305 g/mol. The van der Waals surface area contributed by atoms with Gasteiger partial charge >= 0.3 is 0 Å². The second kappa shape index (κ2) is 8.48. The molecule has 1 aliphatic rings. The largest absolute Gasteiger partial charge is 0.385 e. The Labute approximate surface area is 130 Å². The average molecular weight is 305 g/mol. The Bertz CT molecular complexity index is 513. The Morgan fingerprint density at radius 1 is 1.32 bits per heavy atom. The zero-order valence-electron chi connectivity index (χ0n) is 12.9. The van der Waals surface area contributed by atoms with Gasteiger partial charge in [0, 0.05) is 38.1 Å². The van der Waals surface area contributed by atoms with E-state index in [0.29, 0.717) is 18.7 Å². The van der Waals surface area contributed by atoms with Crippen molar-refractivity contribution >= 4 is 11.8 Å². The van der Waals surface area contributed by atoms with E-state index in [1.807, 2.05) is 0 Å². The Morgan fingerprint density at radius 2 is 2.09 bits per heavy atom. The molecule has 1 fully saturated rings. The van der Waals surface area contributed by atoms with E-state index in [1.54, 1.807) is 13.2 Å². The van der Waals surface area contributed by atoms with Crippen LogP contribution >= 0.6 is 0 Å². The van der Waals surface area contributed by atoms with Crippen molar-refractivity contribution < 1.29 is 14.3 Å². The average Bonchev–Trinajstić information content (AvgIpc) is 3.04. The molecule has 1 heterocycles. The summed E-state index contributed by atoms with van der Waals surface area (Å²) in [7, 11) is 1.62. The maximum absolute atomic E-state index is 12.2. The van der Waals surface area contributed by atoms with Gasteiger partial charge in [-0.3, -0.25) is 14.6 Å². The number of carbonyl (C=O) groups excluding carboxylic acids is 2. The van der Waals surface area contributed by atoms with Gasteiger partial charge in [-0.1, -0.05) is 12.8 Å². The third-order valence-electron chi connectivity index (χ3n) is 3.76. The van der Waals surface area contributed by atoms with Gasteiger partial charge in [0.1, 0.15) is 5.69 Å². The second-order valence-corrected chi connectivity index (χ2v) is 5.49. The number of aromatic nitrogens is 1. The fraction of sp³-hybridized carbons (Fsp3) is 0.562. The van der Waals surface area contributed by atoms with Crippen LogP contribution < -0.4 is 10.6 Å². The lowest BCUT2D eigenvalue weighted by molar-refractivity contribution is 0.0933. The molecule has 0 aliphatic heterocycles. The number of nitrogens with zero attached hydrogens (tertiary/aromatic N) is 1. The third kappa shape index (κ3) is 4.80. The van der Waals surface area contributed by atoms with E-state index in [-0.39, 0.29) is 23.6 Å². The first-order valence-electron chi connectivity index (χ1n) is 7.75. The highest BCUT2D eigenvalue weighted by molar-refractivity contribution is 5.98. The van der Waals surface area contributed by atoms with E-state index in [4.69, 9.17) is 4.74 Å². The highest BCUT2D eigenvalue weighted by atomic mass is 16.5. The van der Waals surface area contributed by atoms with Gasteiger partial charge in [0.25, 0.3) is 11.8 Å². The number of carbonyl (C=O) groups is 2. The van der Waals surface area contributed by atoms with Crippen molar-refractivity contribution in [2.75, 3.05) is 20.3 Å². The lowest BCUT2D eigenvalue weighted by atomic mass is 10.2. The van der Waals surface area contributed by atoms with E-state index >= 15 is 0 Å². The number of ether oxygens (including phenoxy) is 1. The van der Waals surface area contributed by atoms with Crippen molar-refractivity contribution in [3.05, 3.63) is 29.6 Å². The summed E-state index contributed by atoms with van der Waals surface area (Å²) in [6.07, 6.45) is 6.59. The molecule has 1 aliphatic carbocycles. The third-order valence-corrected chi connectivity index (χ3v) is 3.76. The standard InChI is InChI=1S/C16H23N3O3/c1-22-10-4-8-18-15(20)12-7-9-17-14(11-12)16(21)19-13-5-2-3-6-13/h7,9,11,13H,2-6,8,10H2,1H3,(H,18,20)(H,19,21). The minimum absolute atomic E-state index is 0.201. The molecule has 0 bridgehead atoms. The number of hydrogen-bond acceptors (Lipinski definition) is 4. The minimum atomic E-state index is -0.207. The maximum atomic E-state index is 12.2. The molecule has 0 unspecified atom stereocenters. The summed E-state index contributed by atoms with van der Waals surface area (Å²) in [6, 6.07) is 3.38. The second-order valence-electron chi connectivity index (χ2n) is 5.49. The number of rotatable bonds is 7. The molecule has 2 N–H and O–H groups in total. The first kappa shape index (κ1) is 16.4. The van der Waals surface area contributed by atoms with Gasteiger partial charge in [0.2, 0.25) is 0 Å². The summed E-state index contributed by atoms with van der Waals surface area (Å²) in [5.74, 6) is -0.408. The predicted octanol–water partition coefficient (Wildman–Crippen LogP) is 1.52. The molecule has 1 saturated carbocycles. The van der Waals surface area contributed by atoms with Crippen molar-refractivity contribution in [2.45, 2.75) is 38.1 Å². The van der Waals surface area contributed by atoms with Gasteiger partial charge in [0.15, 0.2) is 0 Å². The Kier molecular flexibility index (Phi) is 6.33. The summed E-state index contributed by atoms with van der Waals surface area (Å²) in [5.41, 5.74) is 0.737. The molecular weight excluding hydrogens is 282 g/mol. The van der Waals surface area contributed by atoms with Crippen molar-refractivity contribution in [1.29, 1.82) is 0 Å². The smallest absolute Gasteiger partial charge is 0.270 e. The number of amides is 2. The summed E-state index contributed by atoms with van der Waals surface area (Å²) >= 11 is 0. The zero-order valence-corrected chi connectivity index (χ0v) is 12.9. The van der Waals surface area contributed by atoms with Gasteiger partial charge in [-0.2, -0.15) is 0 Å². The SMILES string of the molecule is COCCCNC(=O)c1ccnc(C(=O)NC2CCCC2)c1. The van der Waals surface area contributed by atoms with Gasteiger partial charge in [-0.25, -0.2) is 0 Å². The van der Waals surface area contributed by atoms with E-state index in [0.717, 1.165) is 32.1 Å². The Hall–Kier alpha value is -1.95. The fourth-order valence-corrected chi connectivity index (χ4v) is 2.55. The Balaban J connectivity index is 1.90. The van der Waals surface area contributed by atoms with Crippen molar-refractivity contribution in [3.63, 3.8) is 0 Å². The van der Waals surface area contributed by atoms with Gasteiger partial charge in [-0.15, -0.1) is 0 Å². The van der Waals surface area contributed by atoms with Crippen LogP contribution in [0.2, 0.25) is 0 Å². The first-order valence-corrected chi connectivity index (χ1v) is 7.75. The van der Waals surface area contributed by atoms with E-state index in [1.165, 1.54) is 12.3 Å². The molecule has 0 atom stereocenters. The van der Waals surface area contributed by atoms with Crippen LogP contribution in [0.3, 0.4) is 0 Å². The molecule has 1 aromatic rings. The van der Waals surface area contributed by atoms with Gasteiger partial charge < -0.3 is 15.4 Å². The number of methoxy groups -OCH3 is 1. The molecule has 0 saturated heterocycles. The minimum Gasteiger partial charge on any atom is -0.385 e. The van der Waals surface area contributed by atoms with Gasteiger partial charge in [0.05, 0.1) is 0 Å². The highest BCUT2D eigenvalue weighted by Gasteiger charge is 2.19. The number of nitrogens with one attached hydrogen (secondary N) is 2. The van der Waals surface area contributed by atoms with E-state index in [2.05, 4.69) is 15.6 Å². The molecule has 22 heavy (non-hydrogen) atoms. The first-order chi connectivity index (χ1) is 10.7. The van der Waals surface area contributed by atoms with Crippen LogP contribution in [0, 0.1) is 0 Å². The molecule has 2 rings (SSSR count). The molecule has 2 amide bonds. The van der Waals surface area contributed by atoms with Crippen LogP contribution in [0.4, 0.5) is 0 Å². The fourth-order valence-electron chi connectivity index (χ4n) is 2.55. The summed E-state index contributed by atoms with van der Waals surface area (Å²) in [5, 5.41) is 5.77. The van der Waals surface area contributed by atoms with Crippen LogP contribution in [0.5, 0.6) is 0 Å². The molecular formula is C16H23N3O3. The van der Waals surface area contributed by atoms with Crippen LogP contribution in [0.1, 0.15) is 53.0 Å². The number of pyridine rings is 1.